The number of alkyl halides is 3. The van der Waals surface area contributed by atoms with Crippen molar-refractivity contribution in [1.82, 2.24) is 4.90 Å². The molecule has 1 aliphatic heterocycles. The molecule has 2 aromatic rings. The molecule has 0 aromatic heterocycles. The lowest BCUT2D eigenvalue weighted by Crippen LogP contribution is -2.24. The third-order valence-corrected chi connectivity index (χ3v) is 6.18. The Balaban J connectivity index is 1.23. The lowest BCUT2D eigenvalue weighted by Gasteiger charge is -2.19. The Morgan fingerprint density at radius 1 is 0.964 bits per heavy atom. The molecule has 2 unspecified atom stereocenters. The van der Waals surface area contributed by atoms with Gasteiger partial charge in [-0.3, -0.25) is 4.90 Å². The Labute approximate surface area is 164 Å². The zero-order valence-electron chi connectivity index (χ0n) is 16.1. The van der Waals surface area contributed by atoms with Gasteiger partial charge in [0.05, 0.1) is 0 Å². The number of hydrogen-bond donors (Lipinski definition) is 0. The summed E-state index contributed by atoms with van der Waals surface area (Å²) < 4.78 is 41.1. The minimum atomic E-state index is -4.63. The van der Waals surface area contributed by atoms with Crippen molar-refractivity contribution in [2.45, 2.75) is 39.1 Å². The van der Waals surface area contributed by atoms with Crippen molar-refractivity contribution >= 4 is 0 Å². The normalized spacial score (nSPS) is 24.2. The van der Waals surface area contributed by atoms with E-state index in [1.165, 1.54) is 23.3 Å². The maximum Gasteiger partial charge on any atom is 0.573 e. The van der Waals surface area contributed by atoms with Gasteiger partial charge in [0.25, 0.3) is 0 Å². The monoisotopic (exact) mass is 389 g/mol. The highest BCUT2D eigenvalue weighted by Crippen LogP contribution is 2.54. The maximum atomic E-state index is 12.4. The van der Waals surface area contributed by atoms with Gasteiger partial charge in [0.15, 0.2) is 0 Å². The van der Waals surface area contributed by atoms with Crippen LogP contribution in [0.5, 0.6) is 5.75 Å². The lowest BCUT2D eigenvalue weighted by molar-refractivity contribution is -0.274. The van der Waals surface area contributed by atoms with Crippen LogP contribution in [0.15, 0.2) is 48.5 Å². The van der Waals surface area contributed by atoms with E-state index >= 15 is 0 Å². The standard InChI is InChI=1S/C23H26F3NO/c1-2-16-6-8-18(9-7-16)13-27-14-21-20(22(21)15-27)11-10-17-4-3-5-19(12-17)28-23(24,25)26/h3-9,12,20-22H,2,10-11,13-15H2,1H3. The molecule has 1 saturated carbocycles. The summed E-state index contributed by atoms with van der Waals surface area (Å²) in [5.74, 6) is 2.10. The topological polar surface area (TPSA) is 12.5 Å². The van der Waals surface area contributed by atoms with Crippen molar-refractivity contribution in [1.29, 1.82) is 0 Å². The number of hydrogen-bond acceptors (Lipinski definition) is 2. The molecule has 0 bridgehead atoms. The van der Waals surface area contributed by atoms with Crippen LogP contribution < -0.4 is 4.74 Å². The average molecular weight is 389 g/mol. The third-order valence-electron chi connectivity index (χ3n) is 6.18. The fourth-order valence-corrected chi connectivity index (χ4v) is 4.66. The van der Waals surface area contributed by atoms with Crippen LogP contribution >= 0.6 is 0 Å². The smallest absolute Gasteiger partial charge is 0.406 e. The molecule has 4 rings (SSSR count). The summed E-state index contributed by atoms with van der Waals surface area (Å²) in [6.45, 7) is 5.47. The lowest BCUT2D eigenvalue weighted by atomic mass is 10.0. The summed E-state index contributed by atoms with van der Waals surface area (Å²) >= 11 is 0. The zero-order valence-corrected chi connectivity index (χ0v) is 16.1. The molecular weight excluding hydrogens is 363 g/mol. The van der Waals surface area contributed by atoms with Gasteiger partial charge in [0.2, 0.25) is 0 Å². The van der Waals surface area contributed by atoms with E-state index in [0.717, 1.165) is 56.3 Å². The van der Waals surface area contributed by atoms with Gasteiger partial charge in [0, 0.05) is 19.6 Å². The molecule has 1 saturated heterocycles. The molecule has 0 spiro atoms. The highest BCUT2D eigenvalue weighted by Gasteiger charge is 2.54. The number of rotatable bonds is 7. The Bertz CT molecular complexity index is 790. The molecule has 2 fully saturated rings. The number of ether oxygens (including phenoxy) is 1. The van der Waals surface area contributed by atoms with Crippen LogP contribution in [0, 0.1) is 17.8 Å². The van der Waals surface area contributed by atoms with E-state index in [1.54, 1.807) is 6.07 Å². The molecule has 5 heteroatoms. The molecule has 1 aliphatic carbocycles. The molecule has 1 heterocycles. The summed E-state index contributed by atoms with van der Waals surface area (Å²) in [7, 11) is 0. The molecule has 0 N–H and O–H groups in total. The van der Waals surface area contributed by atoms with Gasteiger partial charge >= 0.3 is 6.36 Å². The molecule has 0 amide bonds. The molecule has 0 radical (unpaired) electrons. The van der Waals surface area contributed by atoms with Gasteiger partial charge in [0.1, 0.15) is 5.75 Å². The van der Waals surface area contributed by atoms with Crippen LogP contribution in [0.2, 0.25) is 0 Å². The van der Waals surface area contributed by atoms with E-state index in [-0.39, 0.29) is 5.75 Å². The summed E-state index contributed by atoms with van der Waals surface area (Å²) in [5, 5.41) is 0. The number of fused-ring (bicyclic) bond motifs is 1. The molecule has 2 aliphatic rings. The van der Waals surface area contributed by atoms with Crippen molar-refractivity contribution < 1.29 is 17.9 Å². The average Bonchev–Trinajstić information content (AvgIpc) is 3.11. The van der Waals surface area contributed by atoms with E-state index in [0.29, 0.717) is 5.92 Å². The Kier molecular flexibility index (Phi) is 5.37. The Morgan fingerprint density at radius 2 is 1.64 bits per heavy atom. The molecule has 28 heavy (non-hydrogen) atoms. The van der Waals surface area contributed by atoms with E-state index in [1.807, 2.05) is 6.07 Å². The summed E-state index contributed by atoms with van der Waals surface area (Å²) in [6, 6.07) is 15.3. The van der Waals surface area contributed by atoms with Crippen molar-refractivity contribution in [2.24, 2.45) is 17.8 Å². The highest BCUT2D eigenvalue weighted by molar-refractivity contribution is 5.29. The second kappa shape index (κ2) is 7.78. The van der Waals surface area contributed by atoms with E-state index in [9.17, 15) is 13.2 Å². The van der Waals surface area contributed by atoms with Crippen molar-refractivity contribution in [3.8, 4) is 5.75 Å². The number of piperidine rings is 1. The van der Waals surface area contributed by atoms with Gasteiger partial charge in [-0.15, -0.1) is 13.2 Å². The molecule has 2 nitrogen and oxygen atoms in total. The van der Waals surface area contributed by atoms with Crippen LogP contribution in [0.4, 0.5) is 13.2 Å². The first-order chi connectivity index (χ1) is 13.4. The molecular formula is C23H26F3NO. The second-order valence-corrected chi connectivity index (χ2v) is 8.09. The Morgan fingerprint density at radius 3 is 2.29 bits per heavy atom. The predicted molar refractivity (Wildman–Crippen MR) is 103 cm³/mol. The van der Waals surface area contributed by atoms with Crippen molar-refractivity contribution in [3.05, 3.63) is 65.2 Å². The Hall–Kier alpha value is -2.01. The number of benzene rings is 2. The number of likely N-dealkylation sites (tertiary alicyclic amines) is 1. The predicted octanol–water partition coefficient (Wildman–Crippen LogP) is 5.46. The van der Waals surface area contributed by atoms with Gasteiger partial charge in [-0.05, 0) is 65.8 Å². The first kappa shape index (κ1) is 19.3. The van der Waals surface area contributed by atoms with Crippen LogP contribution in [-0.4, -0.2) is 24.4 Å². The van der Waals surface area contributed by atoms with Crippen LogP contribution in [0.3, 0.4) is 0 Å². The van der Waals surface area contributed by atoms with Gasteiger partial charge in [-0.2, -0.15) is 0 Å². The maximum absolute atomic E-state index is 12.4. The summed E-state index contributed by atoms with van der Waals surface area (Å²) in [4.78, 5) is 2.53. The molecule has 2 aromatic carbocycles. The SMILES string of the molecule is CCc1ccc(CN2CC3C(CCc4cccc(OC(F)(F)F)c4)C3C2)cc1. The zero-order chi connectivity index (χ0) is 19.7. The van der Waals surface area contributed by atoms with E-state index in [4.69, 9.17) is 0 Å². The van der Waals surface area contributed by atoms with E-state index < -0.39 is 6.36 Å². The van der Waals surface area contributed by atoms with E-state index in [2.05, 4.69) is 40.8 Å². The summed E-state index contributed by atoms with van der Waals surface area (Å²) in [6.07, 6.45) is -1.71. The van der Waals surface area contributed by atoms with Gasteiger partial charge in [-0.1, -0.05) is 43.3 Å². The summed E-state index contributed by atoms with van der Waals surface area (Å²) in [5.41, 5.74) is 3.66. The van der Waals surface area contributed by atoms with Gasteiger partial charge in [-0.25, -0.2) is 0 Å². The third kappa shape index (κ3) is 4.69. The van der Waals surface area contributed by atoms with Crippen molar-refractivity contribution in [2.75, 3.05) is 13.1 Å². The van der Waals surface area contributed by atoms with Crippen LogP contribution in [0.1, 0.15) is 30.0 Å². The largest absolute Gasteiger partial charge is 0.573 e. The molecule has 150 valence electrons. The van der Waals surface area contributed by atoms with Crippen LogP contribution in [-0.2, 0) is 19.4 Å². The number of halogens is 3. The first-order valence-electron chi connectivity index (χ1n) is 10.1. The molecule has 2 atom stereocenters. The number of nitrogens with zero attached hydrogens (tertiary/aromatic N) is 1. The minimum absolute atomic E-state index is 0.124. The minimum Gasteiger partial charge on any atom is -0.406 e. The van der Waals surface area contributed by atoms with Gasteiger partial charge < -0.3 is 4.74 Å². The van der Waals surface area contributed by atoms with Crippen LogP contribution in [0.25, 0.3) is 0 Å². The van der Waals surface area contributed by atoms with Crippen molar-refractivity contribution in [3.63, 3.8) is 0 Å². The fraction of sp³-hybridized carbons (Fsp3) is 0.478. The second-order valence-electron chi connectivity index (χ2n) is 8.09. The number of aryl methyl sites for hydroxylation is 2. The highest BCUT2D eigenvalue weighted by atomic mass is 19.4. The fourth-order valence-electron chi connectivity index (χ4n) is 4.66. The first-order valence-corrected chi connectivity index (χ1v) is 10.1. The quantitative estimate of drug-likeness (QED) is 0.624.